The summed E-state index contributed by atoms with van der Waals surface area (Å²) in [5.74, 6) is 0.940. The number of para-hydroxylation sites is 1. The Kier molecular flexibility index (Phi) is 5.00. The van der Waals surface area contributed by atoms with Gasteiger partial charge < -0.3 is 10.1 Å². The first-order valence-corrected chi connectivity index (χ1v) is 6.59. The van der Waals surface area contributed by atoms with E-state index in [1.165, 1.54) is 4.88 Å². The summed E-state index contributed by atoms with van der Waals surface area (Å²) in [7, 11) is 0. The van der Waals surface area contributed by atoms with Crippen molar-refractivity contribution in [1.82, 2.24) is 10.3 Å². The molecule has 0 spiro atoms. The van der Waals surface area contributed by atoms with Crippen LogP contribution in [-0.2, 0) is 6.54 Å². The van der Waals surface area contributed by atoms with Crippen molar-refractivity contribution in [2.24, 2.45) is 0 Å². The van der Waals surface area contributed by atoms with Gasteiger partial charge in [-0.15, -0.1) is 11.3 Å². The van der Waals surface area contributed by atoms with Gasteiger partial charge in [0, 0.05) is 17.6 Å². The van der Waals surface area contributed by atoms with Crippen LogP contribution in [0.4, 0.5) is 0 Å². The predicted octanol–water partition coefficient (Wildman–Crippen LogP) is 2.70. The Morgan fingerprint density at radius 1 is 1.24 bits per heavy atom. The van der Waals surface area contributed by atoms with Crippen LogP contribution in [0.1, 0.15) is 11.3 Å². The number of hydrogen-bond acceptors (Lipinski definition) is 4. The molecule has 0 saturated carbocycles. The van der Waals surface area contributed by atoms with Crippen molar-refractivity contribution in [3.63, 3.8) is 0 Å². The predicted molar refractivity (Wildman–Crippen MR) is 70.4 cm³/mol. The molecule has 1 N–H and O–H groups in total. The number of hydrogen-bond donors (Lipinski definition) is 1. The average molecular weight is 248 g/mol. The van der Waals surface area contributed by atoms with E-state index in [1.54, 1.807) is 11.3 Å². The molecule has 0 saturated heterocycles. The minimum absolute atomic E-state index is 0.750. The van der Waals surface area contributed by atoms with Gasteiger partial charge in [0.15, 0.2) is 0 Å². The molecule has 0 fully saturated rings. The standard InChI is InChI=1S/C13H16N2OS/c1-2-5-12(6-3-1)16-8-4-7-14-9-13-10-15-11-17-13/h1-3,5-6,10-11,14H,4,7-9H2. The highest BCUT2D eigenvalue weighted by Crippen LogP contribution is 2.08. The lowest BCUT2D eigenvalue weighted by Gasteiger charge is -2.06. The van der Waals surface area contributed by atoms with E-state index < -0.39 is 0 Å². The summed E-state index contributed by atoms with van der Waals surface area (Å²) in [5, 5.41) is 3.36. The summed E-state index contributed by atoms with van der Waals surface area (Å²) < 4.78 is 5.59. The van der Waals surface area contributed by atoms with Crippen molar-refractivity contribution in [2.45, 2.75) is 13.0 Å². The van der Waals surface area contributed by atoms with Gasteiger partial charge in [-0.3, -0.25) is 4.98 Å². The first-order valence-electron chi connectivity index (χ1n) is 5.71. The quantitative estimate of drug-likeness (QED) is 0.765. The van der Waals surface area contributed by atoms with Crippen molar-refractivity contribution in [2.75, 3.05) is 13.2 Å². The number of benzene rings is 1. The van der Waals surface area contributed by atoms with E-state index in [4.69, 9.17) is 4.74 Å². The topological polar surface area (TPSA) is 34.1 Å². The number of nitrogens with one attached hydrogen (secondary N) is 1. The Morgan fingerprint density at radius 3 is 2.88 bits per heavy atom. The average Bonchev–Trinajstić information content (AvgIpc) is 2.88. The SMILES string of the molecule is c1ccc(OCCCNCc2cncs2)cc1. The molecule has 90 valence electrons. The van der Waals surface area contributed by atoms with Gasteiger partial charge in [0.1, 0.15) is 5.75 Å². The molecular formula is C13H16N2OS. The Labute approximate surface area is 105 Å². The molecule has 3 nitrogen and oxygen atoms in total. The number of thiazole rings is 1. The van der Waals surface area contributed by atoms with E-state index in [0.29, 0.717) is 0 Å². The first kappa shape index (κ1) is 12.1. The van der Waals surface area contributed by atoms with Crippen LogP contribution in [0, 0.1) is 0 Å². The summed E-state index contributed by atoms with van der Waals surface area (Å²) in [6.07, 6.45) is 2.91. The molecule has 1 aromatic carbocycles. The summed E-state index contributed by atoms with van der Waals surface area (Å²) >= 11 is 1.68. The maximum absolute atomic E-state index is 5.59. The van der Waals surface area contributed by atoms with Crippen LogP contribution in [-0.4, -0.2) is 18.1 Å². The van der Waals surface area contributed by atoms with Gasteiger partial charge in [0.25, 0.3) is 0 Å². The Hall–Kier alpha value is -1.39. The molecule has 17 heavy (non-hydrogen) atoms. The van der Waals surface area contributed by atoms with Crippen LogP contribution in [0.15, 0.2) is 42.0 Å². The van der Waals surface area contributed by atoms with E-state index in [9.17, 15) is 0 Å². The largest absolute Gasteiger partial charge is 0.494 e. The Morgan fingerprint density at radius 2 is 2.12 bits per heavy atom. The molecule has 0 aliphatic heterocycles. The van der Waals surface area contributed by atoms with Crippen LogP contribution in [0.3, 0.4) is 0 Å². The van der Waals surface area contributed by atoms with Crippen LogP contribution in [0.2, 0.25) is 0 Å². The Balaban J connectivity index is 1.52. The van der Waals surface area contributed by atoms with E-state index in [2.05, 4.69) is 10.3 Å². The summed E-state index contributed by atoms with van der Waals surface area (Å²) in [6, 6.07) is 9.91. The van der Waals surface area contributed by atoms with Crippen LogP contribution in [0.5, 0.6) is 5.75 Å². The van der Waals surface area contributed by atoms with E-state index in [0.717, 1.165) is 31.9 Å². The van der Waals surface area contributed by atoms with Crippen molar-refractivity contribution in [3.05, 3.63) is 46.9 Å². The van der Waals surface area contributed by atoms with Gasteiger partial charge >= 0.3 is 0 Å². The zero-order valence-electron chi connectivity index (χ0n) is 9.63. The van der Waals surface area contributed by atoms with Crippen LogP contribution < -0.4 is 10.1 Å². The third-order valence-corrected chi connectivity index (χ3v) is 3.07. The van der Waals surface area contributed by atoms with Crippen molar-refractivity contribution < 1.29 is 4.74 Å². The molecule has 2 rings (SSSR count). The fourth-order valence-corrected chi connectivity index (χ4v) is 2.01. The molecule has 2 aromatic rings. The van der Waals surface area contributed by atoms with Crippen molar-refractivity contribution in [1.29, 1.82) is 0 Å². The number of nitrogens with zero attached hydrogens (tertiary/aromatic N) is 1. The number of aromatic nitrogens is 1. The number of rotatable bonds is 7. The van der Waals surface area contributed by atoms with Crippen molar-refractivity contribution >= 4 is 11.3 Å². The molecule has 4 heteroatoms. The third-order valence-electron chi connectivity index (χ3n) is 2.29. The van der Waals surface area contributed by atoms with Gasteiger partial charge in [0.2, 0.25) is 0 Å². The van der Waals surface area contributed by atoms with Gasteiger partial charge in [-0.1, -0.05) is 18.2 Å². The van der Waals surface area contributed by atoms with E-state index in [-0.39, 0.29) is 0 Å². The Bertz CT molecular complexity index is 403. The second-order valence-corrected chi connectivity index (χ2v) is 4.63. The smallest absolute Gasteiger partial charge is 0.119 e. The summed E-state index contributed by atoms with van der Waals surface area (Å²) in [6.45, 7) is 2.61. The monoisotopic (exact) mass is 248 g/mol. The highest BCUT2D eigenvalue weighted by Gasteiger charge is 1.94. The van der Waals surface area contributed by atoms with Crippen molar-refractivity contribution in [3.8, 4) is 5.75 Å². The fourth-order valence-electron chi connectivity index (χ4n) is 1.44. The highest BCUT2D eigenvalue weighted by atomic mass is 32.1. The van der Waals surface area contributed by atoms with Gasteiger partial charge in [-0.2, -0.15) is 0 Å². The van der Waals surface area contributed by atoms with E-state index >= 15 is 0 Å². The first-order chi connectivity index (χ1) is 8.45. The molecule has 0 aliphatic carbocycles. The molecule has 1 aromatic heterocycles. The molecule has 0 bridgehead atoms. The summed E-state index contributed by atoms with van der Waals surface area (Å²) in [4.78, 5) is 5.30. The minimum Gasteiger partial charge on any atom is -0.494 e. The molecule has 0 amide bonds. The van der Waals surface area contributed by atoms with Gasteiger partial charge in [-0.25, -0.2) is 0 Å². The normalized spacial score (nSPS) is 10.4. The molecule has 1 heterocycles. The lowest BCUT2D eigenvalue weighted by molar-refractivity contribution is 0.308. The second-order valence-electron chi connectivity index (χ2n) is 3.66. The maximum atomic E-state index is 5.59. The maximum Gasteiger partial charge on any atom is 0.119 e. The summed E-state index contributed by atoms with van der Waals surface area (Å²) in [5.41, 5.74) is 1.86. The molecule has 0 atom stereocenters. The second kappa shape index (κ2) is 7.04. The molecular weight excluding hydrogens is 232 g/mol. The molecule has 0 aliphatic rings. The highest BCUT2D eigenvalue weighted by molar-refractivity contribution is 7.09. The lowest BCUT2D eigenvalue weighted by atomic mass is 10.3. The lowest BCUT2D eigenvalue weighted by Crippen LogP contribution is -2.16. The minimum atomic E-state index is 0.750. The van der Waals surface area contributed by atoms with Crippen LogP contribution in [0.25, 0.3) is 0 Å². The van der Waals surface area contributed by atoms with E-state index in [1.807, 2.05) is 42.0 Å². The van der Waals surface area contributed by atoms with Crippen LogP contribution >= 0.6 is 11.3 Å². The fraction of sp³-hybridized carbons (Fsp3) is 0.308. The zero-order chi connectivity index (χ0) is 11.8. The third kappa shape index (κ3) is 4.54. The van der Waals surface area contributed by atoms with Gasteiger partial charge in [0.05, 0.1) is 12.1 Å². The molecule has 0 unspecified atom stereocenters. The zero-order valence-corrected chi connectivity index (χ0v) is 10.5. The number of ether oxygens (including phenoxy) is 1. The molecule has 0 radical (unpaired) electrons. The van der Waals surface area contributed by atoms with Gasteiger partial charge in [-0.05, 0) is 25.1 Å².